The second kappa shape index (κ2) is 4.69. The highest BCUT2D eigenvalue weighted by molar-refractivity contribution is 5.97. The number of pyridine rings is 1. The Hall–Kier alpha value is -2.02. The van der Waals surface area contributed by atoms with Crippen molar-refractivity contribution in [2.45, 2.75) is 18.6 Å². The summed E-state index contributed by atoms with van der Waals surface area (Å²) in [6, 6.07) is 1.49. The topological polar surface area (TPSA) is 96.5 Å². The van der Waals surface area contributed by atoms with Crippen LogP contribution < -0.4 is 5.73 Å². The van der Waals surface area contributed by atoms with Gasteiger partial charge < -0.3 is 15.7 Å². The van der Waals surface area contributed by atoms with Gasteiger partial charge in [-0.25, -0.2) is 4.98 Å². The summed E-state index contributed by atoms with van der Waals surface area (Å²) in [5.41, 5.74) is 5.32. The van der Waals surface area contributed by atoms with Gasteiger partial charge in [-0.2, -0.15) is 4.39 Å². The first kappa shape index (κ1) is 12.4. The molecule has 2 unspecified atom stereocenters. The maximum absolute atomic E-state index is 12.6. The van der Waals surface area contributed by atoms with Crippen molar-refractivity contribution < 1.29 is 19.1 Å². The van der Waals surface area contributed by atoms with Gasteiger partial charge in [0.15, 0.2) is 0 Å². The van der Waals surface area contributed by atoms with E-state index in [1.165, 1.54) is 11.0 Å². The highest BCUT2D eigenvalue weighted by atomic mass is 19.1. The number of carbonyl (C=O) groups is 2. The van der Waals surface area contributed by atoms with E-state index in [9.17, 15) is 19.1 Å². The lowest BCUT2D eigenvalue weighted by molar-refractivity contribution is -0.121. The first-order valence-electron chi connectivity index (χ1n) is 5.39. The van der Waals surface area contributed by atoms with Gasteiger partial charge in [-0.05, 0) is 12.1 Å². The van der Waals surface area contributed by atoms with Crippen LogP contribution in [0.25, 0.3) is 0 Å². The molecule has 2 amide bonds. The van der Waals surface area contributed by atoms with Crippen LogP contribution in [0.3, 0.4) is 0 Å². The molecule has 0 radical (unpaired) electrons. The summed E-state index contributed by atoms with van der Waals surface area (Å²) in [7, 11) is 0. The molecule has 2 heterocycles. The van der Waals surface area contributed by atoms with Gasteiger partial charge in [0.2, 0.25) is 11.9 Å². The summed E-state index contributed by atoms with van der Waals surface area (Å²) in [5.74, 6) is -1.86. The number of hydrogen-bond acceptors (Lipinski definition) is 4. The Bertz CT molecular complexity index is 477. The van der Waals surface area contributed by atoms with Crippen LogP contribution in [0.1, 0.15) is 16.8 Å². The molecule has 0 bridgehead atoms. The number of β-amino-alcohol motifs (C(OH)–C–C–N with tert-alkyl or cyclic N) is 1. The van der Waals surface area contributed by atoms with Gasteiger partial charge in [-0.1, -0.05) is 0 Å². The van der Waals surface area contributed by atoms with E-state index in [1.54, 1.807) is 0 Å². The fourth-order valence-corrected chi connectivity index (χ4v) is 1.98. The van der Waals surface area contributed by atoms with E-state index < -0.39 is 29.9 Å². The molecule has 2 atom stereocenters. The minimum absolute atomic E-state index is 0.0316. The molecule has 0 spiro atoms. The van der Waals surface area contributed by atoms with Crippen molar-refractivity contribution in [3.8, 4) is 0 Å². The van der Waals surface area contributed by atoms with Crippen molar-refractivity contribution in [1.29, 1.82) is 0 Å². The predicted molar refractivity (Wildman–Crippen MR) is 58.8 cm³/mol. The third-order valence-corrected chi connectivity index (χ3v) is 2.84. The lowest BCUT2D eigenvalue weighted by Gasteiger charge is -2.21. The summed E-state index contributed by atoms with van der Waals surface area (Å²) in [4.78, 5) is 27.8. The monoisotopic (exact) mass is 253 g/mol. The SMILES string of the molecule is NC(=O)C1CC(O)CN1C(=O)c1ccc(F)nc1. The zero-order chi connectivity index (χ0) is 13.3. The van der Waals surface area contributed by atoms with E-state index in [4.69, 9.17) is 5.73 Å². The predicted octanol–water partition coefficient (Wildman–Crippen LogP) is -0.719. The molecule has 18 heavy (non-hydrogen) atoms. The molecule has 6 nitrogen and oxygen atoms in total. The van der Waals surface area contributed by atoms with Crippen LogP contribution in [0, 0.1) is 5.95 Å². The number of halogens is 1. The summed E-state index contributed by atoms with van der Waals surface area (Å²) < 4.78 is 12.6. The second-order valence-electron chi connectivity index (χ2n) is 4.13. The van der Waals surface area contributed by atoms with Crippen molar-refractivity contribution in [3.63, 3.8) is 0 Å². The van der Waals surface area contributed by atoms with E-state index in [0.29, 0.717) is 0 Å². The van der Waals surface area contributed by atoms with Gasteiger partial charge in [0.25, 0.3) is 5.91 Å². The Kier molecular flexibility index (Phi) is 3.24. The Morgan fingerprint density at radius 1 is 1.50 bits per heavy atom. The number of aliphatic hydroxyl groups excluding tert-OH is 1. The molecule has 0 aliphatic carbocycles. The molecule has 0 saturated carbocycles. The normalized spacial score (nSPS) is 23.1. The van der Waals surface area contributed by atoms with Crippen molar-refractivity contribution in [1.82, 2.24) is 9.88 Å². The zero-order valence-electron chi connectivity index (χ0n) is 9.41. The van der Waals surface area contributed by atoms with E-state index in [2.05, 4.69) is 4.98 Å². The third kappa shape index (κ3) is 2.30. The number of rotatable bonds is 2. The van der Waals surface area contributed by atoms with Crippen LogP contribution in [0.2, 0.25) is 0 Å². The van der Waals surface area contributed by atoms with Gasteiger partial charge in [-0.15, -0.1) is 0 Å². The quantitative estimate of drug-likeness (QED) is 0.680. The third-order valence-electron chi connectivity index (χ3n) is 2.84. The molecular formula is C11H12FN3O3. The lowest BCUT2D eigenvalue weighted by Crippen LogP contribution is -2.43. The standard InChI is InChI=1S/C11H12FN3O3/c12-9-2-1-6(4-14-9)11(18)15-5-7(16)3-8(15)10(13)17/h1-2,4,7-8,16H,3,5H2,(H2,13,17). The van der Waals surface area contributed by atoms with Crippen molar-refractivity contribution in [2.75, 3.05) is 6.54 Å². The van der Waals surface area contributed by atoms with Crippen molar-refractivity contribution >= 4 is 11.8 Å². The molecule has 0 aromatic carbocycles. The molecule has 3 N–H and O–H groups in total. The highest BCUT2D eigenvalue weighted by Crippen LogP contribution is 2.20. The van der Waals surface area contributed by atoms with Crippen LogP contribution in [-0.4, -0.2) is 45.5 Å². The van der Waals surface area contributed by atoms with Crippen LogP contribution in [0.4, 0.5) is 4.39 Å². The fraction of sp³-hybridized carbons (Fsp3) is 0.364. The zero-order valence-corrected chi connectivity index (χ0v) is 9.41. The van der Waals surface area contributed by atoms with Crippen LogP contribution in [0.15, 0.2) is 18.3 Å². The maximum Gasteiger partial charge on any atom is 0.256 e. The van der Waals surface area contributed by atoms with Crippen LogP contribution in [-0.2, 0) is 4.79 Å². The van der Waals surface area contributed by atoms with Gasteiger partial charge in [0, 0.05) is 19.2 Å². The number of aliphatic hydroxyl groups is 1. The first-order valence-corrected chi connectivity index (χ1v) is 5.39. The molecular weight excluding hydrogens is 241 g/mol. The van der Waals surface area contributed by atoms with Gasteiger partial charge in [0.05, 0.1) is 11.7 Å². The van der Waals surface area contributed by atoms with Crippen LogP contribution in [0.5, 0.6) is 0 Å². The Balaban J connectivity index is 2.22. The molecule has 1 aromatic heterocycles. The minimum atomic E-state index is -0.836. The van der Waals surface area contributed by atoms with E-state index in [1.807, 2.05) is 0 Å². The van der Waals surface area contributed by atoms with Crippen LogP contribution >= 0.6 is 0 Å². The first-order chi connectivity index (χ1) is 8.49. The number of primary amides is 1. The lowest BCUT2D eigenvalue weighted by atomic mass is 10.2. The average Bonchev–Trinajstić information content (AvgIpc) is 2.71. The van der Waals surface area contributed by atoms with E-state index >= 15 is 0 Å². The summed E-state index contributed by atoms with van der Waals surface area (Å²) in [5, 5.41) is 9.48. The molecule has 7 heteroatoms. The smallest absolute Gasteiger partial charge is 0.256 e. The Morgan fingerprint density at radius 3 is 2.78 bits per heavy atom. The molecule has 1 aromatic rings. The van der Waals surface area contributed by atoms with E-state index in [-0.39, 0.29) is 18.5 Å². The summed E-state index contributed by atoms with van der Waals surface area (Å²) in [6.45, 7) is 0.0316. The Morgan fingerprint density at radius 2 is 2.22 bits per heavy atom. The number of carbonyl (C=O) groups excluding carboxylic acids is 2. The molecule has 1 aliphatic heterocycles. The number of hydrogen-bond donors (Lipinski definition) is 2. The molecule has 2 rings (SSSR count). The fourth-order valence-electron chi connectivity index (χ4n) is 1.98. The summed E-state index contributed by atoms with van der Waals surface area (Å²) in [6.07, 6.45) is 0.427. The second-order valence-corrected chi connectivity index (χ2v) is 4.13. The molecule has 1 saturated heterocycles. The average molecular weight is 253 g/mol. The highest BCUT2D eigenvalue weighted by Gasteiger charge is 2.38. The number of amides is 2. The van der Waals surface area contributed by atoms with Crippen molar-refractivity contribution in [2.24, 2.45) is 5.73 Å². The van der Waals surface area contributed by atoms with E-state index in [0.717, 1.165) is 12.3 Å². The minimum Gasteiger partial charge on any atom is -0.391 e. The van der Waals surface area contributed by atoms with Crippen molar-refractivity contribution in [3.05, 3.63) is 29.8 Å². The maximum atomic E-state index is 12.6. The molecule has 1 fully saturated rings. The number of aromatic nitrogens is 1. The number of likely N-dealkylation sites (tertiary alicyclic amines) is 1. The largest absolute Gasteiger partial charge is 0.391 e. The van der Waals surface area contributed by atoms with Gasteiger partial charge >= 0.3 is 0 Å². The summed E-state index contributed by atoms with van der Waals surface area (Å²) >= 11 is 0. The van der Waals surface area contributed by atoms with Gasteiger partial charge in [0.1, 0.15) is 6.04 Å². The molecule has 1 aliphatic rings. The number of nitrogens with zero attached hydrogens (tertiary/aromatic N) is 2. The molecule has 96 valence electrons. The van der Waals surface area contributed by atoms with Gasteiger partial charge in [-0.3, -0.25) is 9.59 Å². The number of nitrogens with two attached hydrogens (primary N) is 1. The Labute approximate surface area is 102 Å².